The number of likely N-dealkylation sites (tertiary alicyclic amines) is 1. The summed E-state index contributed by atoms with van der Waals surface area (Å²) in [5, 5.41) is 12.0. The monoisotopic (exact) mass is 347 g/mol. The summed E-state index contributed by atoms with van der Waals surface area (Å²) < 4.78 is 0. The predicted octanol–water partition coefficient (Wildman–Crippen LogP) is 1.25. The molecule has 1 fully saturated rings. The molecule has 2 amide bonds. The highest BCUT2D eigenvalue weighted by Crippen LogP contribution is 2.16. The number of piperidine rings is 1. The molecule has 1 aromatic rings. The maximum atomic E-state index is 12.2. The largest absolute Gasteiger partial charge is 0.396 e. The van der Waals surface area contributed by atoms with E-state index in [1.807, 2.05) is 18.2 Å². The van der Waals surface area contributed by atoms with E-state index in [0.717, 1.165) is 38.0 Å². The van der Waals surface area contributed by atoms with Crippen LogP contribution in [0.15, 0.2) is 30.3 Å². The molecule has 1 heterocycles. The van der Waals surface area contributed by atoms with Crippen molar-refractivity contribution in [2.75, 3.05) is 44.2 Å². The zero-order valence-corrected chi connectivity index (χ0v) is 15.0. The molecule has 25 heavy (non-hydrogen) atoms. The molecule has 1 aliphatic heterocycles. The Labute approximate surface area is 149 Å². The number of hydrogen-bond acceptors (Lipinski definition) is 4. The van der Waals surface area contributed by atoms with Crippen molar-refractivity contribution in [3.63, 3.8) is 0 Å². The van der Waals surface area contributed by atoms with Gasteiger partial charge in [-0.2, -0.15) is 0 Å². The minimum atomic E-state index is -0.540. The molecule has 138 valence electrons. The van der Waals surface area contributed by atoms with Crippen molar-refractivity contribution in [1.29, 1.82) is 0 Å². The second kappa shape index (κ2) is 10.0. The van der Waals surface area contributed by atoms with Gasteiger partial charge < -0.3 is 20.2 Å². The Morgan fingerprint density at radius 2 is 2.08 bits per heavy atom. The Morgan fingerprint density at radius 1 is 1.32 bits per heavy atom. The molecular formula is C19H29N3O3. The van der Waals surface area contributed by atoms with Crippen LogP contribution in [0.3, 0.4) is 0 Å². The number of carbonyl (C=O) groups is 2. The van der Waals surface area contributed by atoms with E-state index in [9.17, 15) is 14.7 Å². The van der Waals surface area contributed by atoms with Crippen LogP contribution < -0.4 is 10.2 Å². The second-order valence-electron chi connectivity index (χ2n) is 6.47. The summed E-state index contributed by atoms with van der Waals surface area (Å²) in [4.78, 5) is 28.0. The summed E-state index contributed by atoms with van der Waals surface area (Å²) in [6.07, 6.45) is 2.53. The van der Waals surface area contributed by atoms with E-state index in [0.29, 0.717) is 19.6 Å². The third-order valence-electron chi connectivity index (χ3n) is 4.65. The third-order valence-corrected chi connectivity index (χ3v) is 4.65. The van der Waals surface area contributed by atoms with E-state index < -0.39 is 11.8 Å². The SMILES string of the molecule is CCN(CCCNC(=O)C(=O)N1CCC[C@H](CO)C1)c1ccccc1. The molecule has 1 saturated heterocycles. The molecule has 1 aliphatic rings. The van der Waals surface area contributed by atoms with Gasteiger partial charge in [-0.3, -0.25) is 9.59 Å². The van der Waals surface area contributed by atoms with Crippen LogP contribution in [-0.4, -0.2) is 61.2 Å². The molecule has 0 saturated carbocycles. The Hall–Kier alpha value is -2.08. The van der Waals surface area contributed by atoms with Crippen LogP contribution in [0.1, 0.15) is 26.2 Å². The van der Waals surface area contributed by atoms with Crippen LogP contribution in [-0.2, 0) is 9.59 Å². The zero-order chi connectivity index (χ0) is 18.1. The number of amides is 2. The highest BCUT2D eigenvalue weighted by atomic mass is 16.3. The lowest BCUT2D eigenvalue weighted by Crippen LogP contribution is -2.48. The average molecular weight is 347 g/mol. The van der Waals surface area contributed by atoms with Gasteiger partial charge in [0.1, 0.15) is 0 Å². The second-order valence-corrected chi connectivity index (χ2v) is 6.47. The molecule has 0 aromatic heterocycles. The van der Waals surface area contributed by atoms with Crippen LogP contribution >= 0.6 is 0 Å². The molecule has 1 aromatic carbocycles. The first kappa shape index (κ1) is 19.2. The van der Waals surface area contributed by atoms with Crippen molar-refractivity contribution in [1.82, 2.24) is 10.2 Å². The fourth-order valence-electron chi connectivity index (χ4n) is 3.20. The molecule has 0 unspecified atom stereocenters. The van der Waals surface area contributed by atoms with Gasteiger partial charge in [0.05, 0.1) is 0 Å². The number of nitrogens with one attached hydrogen (secondary N) is 1. The summed E-state index contributed by atoms with van der Waals surface area (Å²) in [7, 11) is 0. The van der Waals surface area contributed by atoms with Gasteiger partial charge in [0.25, 0.3) is 0 Å². The Balaban J connectivity index is 1.71. The van der Waals surface area contributed by atoms with Crippen molar-refractivity contribution in [3.05, 3.63) is 30.3 Å². The maximum Gasteiger partial charge on any atom is 0.311 e. The fourth-order valence-corrected chi connectivity index (χ4v) is 3.20. The van der Waals surface area contributed by atoms with Gasteiger partial charge in [-0.25, -0.2) is 0 Å². The summed E-state index contributed by atoms with van der Waals surface area (Å²) >= 11 is 0. The number of aliphatic hydroxyl groups is 1. The van der Waals surface area contributed by atoms with Crippen molar-refractivity contribution < 1.29 is 14.7 Å². The lowest BCUT2D eigenvalue weighted by molar-refractivity contribution is -0.147. The fraction of sp³-hybridized carbons (Fsp3) is 0.579. The number of nitrogens with zero attached hydrogens (tertiary/aromatic N) is 2. The number of anilines is 1. The number of rotatable bonds is 7. The normalized spacial score (nSPS) is 17.2. The lowest BCUT2D eigenvalue weighted by atomic mass is 9.99. The van der Waals surface area contributed by atoms with E-state index in [4.69, 9.17) is 0 Å². The minimum absolute atomic E-state index is 0.0672. The highest BCUT2D eigenvalue weighted by Gasteiger charge is 2.27. The topological polar surface area (TPSA) is 72.9 Å². The van der Waals surface area contributed by atoms with E-state index in [-0.39, 0.29) is 12.5 Å². The molecule has 2 rings (SSSR count). The van der Waals surface area contributed by atoms with E-state index in [1.54, 1.807) is 4.90 Å². The minimum Gasteiger partial charge on any atom is -0.396 e. The van der Waals surface area contributed by atoms with Gasteiger partial charge in [-0.15, -0.1) is 0 Å². The average Bonchev–Trinajstić information content (AvgIpc) is 2.68. The highest BCUT2D eigenvalue weighted by molar-refractivity contribution is 6.35. The van der Waals surface area contributed by atoms with Crippen LogP contribution in [0.4, 0.5) is 5.69 Å². The quantitative estimate of drug-likeness (QED) is 0.575. The van der Waals surface area contributed by atoms with Crippen molar-refractivity contribution in [2.24, 2.45) is 5.92 Å². The summed E-state index contributed by atoms with van der Waals surface area (Å²) in [6.45, 7) is 5.44. The van der Waals surface area contributed by atoms with Gasteiger partial charge in [-0.1, -0.05) is 18.2 Å². The summed E-state index contributed by atoms with van der Waals surface area (Å²) in [5.74, 6) is -0.926. The first-order valence-corrected chi connectivity index (χ1v) is 9.13. The van der Waals surface area contributed by atoms with Crippen LogP contribution in [0.5, 0.6) is 0 Å². The number of aliphatic hydroxyl groups excluding tert-OH is 1. The van der Waals surface area contributed by atoms with Crippen molar-refractivity contribution in [2.45, 2.75) is 26.2 Å². The number of benzene rings is 1. The molecule has 0 radical (unpaired) electrons. The van der Waals surface area contributed by atoms with Crippen LogP contribution in [0.25, 0.3) is 0 Å². The molecule has 1 atom stereocenters. The first-order chi connectivity index (χ1) is 12.2. The summed E-state index contributed by atoms with van der Waals surface area (Å²) in [5.41, 5.74) is 1.16. The Bertz CT molecular complexity index is 550. The number of carbonyl (C=O) groups excluding carboxylic acids is 2. The molecule has 6 heteroatoms. The standard InChI is InChI=1S/C19H29N3O3/c1-2-21(17-9-4-3-5-10-17)13-7-11-20-18(24)19(25)22-12-6-8-16(14-22)15-23/h3-5,9-10,16,23H,2,6-8,11-15H2,1H3,(H,20,24)/t16-/m0/s1. The molecule has 2 N–H and O–H groups in total. The van der Waals surface area contributed by atoms with Gasteiger partial charge in [0.2, 0.25) is 0 Å². The summed E-state index contributed by atoms with van der Waals surface area (Å²) in [6, 6.07) is 10.2. The first-order valence-electron chi connectivity index (χ1n) is 9.13. The molecule has 6 nitrogen and oxygen atoms in total. The molecule has 0 bridgehead atoms. The van der Waals surface area contributed by atoms with E-state index in [1.165, 1.54) is 0 Å². The van der Waals surface area contributed by atoms with Gasteiger partial charge >= 0.3 is 11.8 Å². The van der Waals surface area contributed by atoms with Gasteiger partial charge in [0.15, 0.2) is 0 Å². The lowest BCUT2D eigenvalue weighted by Gasteiger charge is -2.31. The van der Waals surface area contributed by atoms with Gasteiger partial charge in [0, 0.05) is 45.0 Å². The number of para-hydroxylation sites is 1. The third kappa shape index (κ3) is 5.74. The molecular weight excluding hydrogens is 318 g/mol. The Morgan fingerprint density at radius 3 is 2.76 bits per heavy atom. The van der Waals surface area contributed by atoms with Gasteiger partial charge in [-0.05, 0) is 44.2 Å². The molecule has 0 spiro atoms. The molecule has 0 aliphatic carbocycles. The number of hydrogen-bond donors (Lipinski definition) is 2. The van der Waals surface area contributed by atoms with Crippen molar-refractivity contribution >= 4 is 17.5 Å². The predicted molar refractivity (Wildman–Crippen MR) is 98.3 cm³/mol. The van der Waals surface area contributed by atoms with Crippen molar-refractivity contribution in [3.8, 4) is 0 Å². The van der Waals surface area contributed by atoms with E-state index >= 15 is 0 Å². The van der Waals surface area contributed by atoms with Crippen LogP contribution in [0.2, 0.25) is 0 Å². The van der Waals surface area contributed by atoms with E-state index in [2.05, 4.69) is 29.3 Å². The Kier molecular flexibility index (Phi) is 7.73. The smallest absolute Gasteiger partial charge is 0.311 e. The maximum absolute atomic E-state index is 12.2. The zero-order valence-electron chi connectivity index (χ0n) is 15.0. The van der Waals surface area contributed by atoms with Crippen LogP contribution in [0, 0.1) is 5.92 Å².